The smallest absolute Gasteiger partial charge is 0.119 e. The third-order valence-electron chi connectivity index (χ3n) is 2.76. The second-order valence-corrected chi connectivity index (χ2v) is 3.97. The monoisotopic (exact) mass is 227 g/mol. The maximum absolute atomic E-state index is 5.85. The van der Waals surface area contributed by atoms with Crippen molar-refractivity contribution in [3.8, 4) is 5.75 Å². The molecule has 1 fully saturated rings. The van der Waals surface area contributed by atoms with Gasteiger partial charge in [0.05, 0.1) is 6.10 Å². The van der Waals surface area contributed by atoms with Gasteiger partial charge in [-0.15, -0.1) is 12.4 Å². The minimum Gasteiger partial charge on any atom is -0.490 e. The summed E-state index contributed by atoms with van der Waals surface area (Å²) in [6.45, 7) is 0. The summed E-state index contributed by atoms with van der Waals surface area (Å²) in [6.07, 6.45) is 4.75. The lowest BCUT2D eigenvalue weighted by molar-refractivity contribution is 0.147. The minimum atomic E-state index is 0. The molecule has 0 radical (unpaired) electrons. The topological polar surface area (TPSA) is 35.2 Å². The molecule has 0 unspecified atom stereocenters. The quantitative estimate of drug-likeness (QED) is 0.843. The van der Waals surface area contributed by atoms with Crippen molar-refractivity contribution in [3.05, 3.63) is 30.3 Å². The van der Waals surface area contributed by atoms with E-state index in [1.54, 1.807) is 0 Å². The van der Waals surface area contributed by atoms with Gasteiger partial charge in [-0.3, -0.25) is 0 Å². The summed E-state index contributed by atoms with van der Waals surface area (Å²) in [5.74, 6) is 0.980. The van der Waals surface area contributed by atoms with E-state index in [9.17, 15) is 0 Å². The van der Waals surface area contributed by atoms with Crippen LogP contribution >= 0.6 is 12.4 Å². The first kappa shape index (κ1) is 12.3. The van der Waals surface area contributed by atoms with Gasteiger partial charge in [-0.05, 0) is 37.8 Å². The summed E-state index contributed by atoms with van der Waals surface area (Å²) in [5, 5.41) is 0. The van der Waals surface area contributed by atoms with Crippen molar-refractivity contribution >= 4 is 12.4 Å². The van der Waals surface area contributed by atoms with Gasteiger partial charge in [-0.2, -0.15) is 0 Å². The van der Waals surface area contributed by atoms with Crippen LogP contribution < -0.4 is 10.5 Å². The van der Waals surface area contributed by atoms with E-state index in [0.29, 0.717) is 12.1 Å². The second-order valence-electron chi connectivity index (χ2n) is 3.97. The van der Waals surface area contributed by atoms with E-state index in [1.165, 1.54) is 0 Å². The van der Waals surface area contributed by atoms with Gasteiger partial charge in [0, 0.05) is 6.04 Å². The summed E-state index contributed by atoms with van der Waals surface area (Å²) < 4.78 is 5.85. The van der Waals surface area contributed by atoms with E-state index in [2.05, 4.69) is 0 Å². The zero-order valence-electron chi connectivity index (χ0n) is 8.76. The third-order valence-corrected chi connectivity index (χ3v) is 2.76. The van der Waals surface area contributed by atoms with Crippen molar-refractivity contribution < 1.29 is 4.74 Å². The van der Waals surface area contributed by atoms with Gasteiger partial charge in [-0.25, -0.2) is 0 Å². The van der Waals surface area contributed by atoms with Gasteiger partial charge in [0.25, 0.3) is 0 Å². The Hall–Kier alpha value is -0.730. The van der Waals surface area contributed by atoms with Crippen LogP contribution in [-0.4, -0.2) is 12.1 Å². The first-order chi connectivity index (χ1) is 6.84. The fourth-order valence-electron chi connectivity index (χ4n) is 1.90. The Labute approximate surface area is 97.2 Å². The highest BCUT2D eigenvalue weighted by molar-refractivity contribution is 5.85. The van der Waals surface area contributed by atoms with E-state index in [4.69, 9.17) is 10.5 Å². The van der Waals surface area contributed by atoms with Gasteiger partial charge in [-0.1, -0.05) is 18.2 Å². The number of para-hydroxylation sites is 1. The van der Waals surface area contributed by atoms with Gasteiger partial charge >= 0.3 is 0 Å². The molecule has 15 heavy (non-hydrogen) atoms. The van der Waals surface area contributed by atoms with Crippen LogP contribution in [0.4, 0.5) is 0 Å². The fraction of sp³-hybridized carbons (Fsp3) is 0.500. The Morgan fingerprint density at radius 2 is 1.60 bits per heavy atom. The van der Waals surface area contributed by atoms with Crippen LogP contribution in [0.1, 0.15) is 25.7 Å². The molecule has 2 N–H and O–H groups in total. The lowest BCUT2D eigenvalue weighted by atomic mass is 9.94. The lowest BCUT2D eigenvalue weighted by Crippen LogP contribution is -2.31. The van der Waals surface area contributed by atoms with E-state index >= 15 is 0 Å². The van der Waals surface area contributed by atoms with E-state index < -0.39 is 0 Å². The lowest BCUT2D eigenvalue weighted by Gasteiger charge is -2.26. The van der Waals surface area contributed by atoms with Gasteiger partial charge < -0.3 is 10.5 Å². The van der Waals surface area contributed by atoms with Crippen LogP contribution in [-0.2, 0) is 0 Å². The molecule has 1 aromatic rings. The predicted molar refractivity (Wildman–Crippen MR) is 64.5 cm³/mol. The molecular formula is C12H18ClNO. The molecule has 1 aliphatic rings. The zero-order valence-corrected chi connectivity index (χ0v) is 9.58. The van der Waals surface area contributed by atoms with E-state index in [-0.39, 0.29) is 12.4 Å². The summed E-state index contributed by atoms with van der Waals surface area (Å²) in [7, 11) is 0. The van der Waals surface area contributed by atoms with Crippen molar-refractivity contribution in [1.82, 2.24) is 0 Å². The predicted octanol–water partition coefficient (Wildman–Crippen LogP) is 2.76. The van der Waals surface area contributed by atoms with Crippen LogP contribution in [0.15, 0.2) is 30.3 Å². The maximum Gasteiger partial charge on any atom is 0.119 e. The molecule has 0 aromatic heterocycles. The van der Waals surface area contributed by atoms with Gasteiger partial charge in [0.15, 0.2) is 0 Å². The normalized spacial score (nSPS) is 25.4. The van der Waals surface area contributed by atoms with E-state index in [1.807, 2.05) is 30.3 Å². The average molecular weight is 228 g/mol. The first-order valence-electron chi connectivity index (χ1n) is 5.32. The number of halogens is 1. The Morgan fingerprint density at radius 1 is 1.00 bits per heavy atom. The highest BCUT2D eigenvalue weighted by Crippen LogP contribution is 2.22. The van der Waals surface area contributed by atoms with Crippen LogP contribution in [0.3, 0.4) is 0 Å². The summed E-state index contributed by atoms with van der Waals surface area (Å²) in [6, 6.07) is 10.4. The van der Waals surface area contributed by atoms with Gasteiger partial charge in [0.1, 0.15) is 5.75 Å². The molecule has 0 saturated heterocycles. The molecular weight excluding hydrogens is 210 g/mol. The van der Waals surface area contributed by atoms with Crippen LogP contribution in [0.5, 0.6) is 5.75 Å². The number of hydrogen-bond donors (Lipinski definition) is 1. The molecule has 0 amide bonds. The third kappa shape index (κ3) is 3.73. The molecule has 3 heteroatoms. The Morgan fingerprint density at radius 3 is 2.20 bits per heavy atom. The molecule has 84 valence electrons. The SMILES string of the molecule is Cl.N[C@H]1CC[C@@H](Oc2ccccc2)CC1. The zero-order chi connectivity index (χ0) is 9.80. The molecule has 0 bridgehead atoms. The number of hydrogen-bond acceptors (Lipinski definition) is 2. The van der Waals surface area contributed by atoms with E-state index in [0.717, 1.165) is 31.4 Å². The molecule has 0 spiro atoms. The molecule has 0 aliphatic heterocycles. The molecule has 2 rings (SSSR count). The number of nitrogens with two attached hydrogens (primary N) is 1. The number of rotatable bonds is 2. The summed E-state index contributed by atoms with van der Waals surface area (Å²) in [4.78, 5) is 0. The Balaban J connectivity index is 0.00000112. The molecule has 1 aliphatic carbocycles. The highest BCUT2D eigenvalue weighted by Gasteiger charge is 2.19. The molecule has 1 aromatic carbocycles. The van der Waals surface area contributed by atoms with Crippen molar-refractivity contribution in [2.75, 3.05) is 0 Å². The standard InChI is InChI=1S/C12H17NO.ClH/c13-10-6-8-12(9-7-10)14-11-4-2-1-3-5-11;/h1-5,10,12H,6-9,13H2;1H/t10-,12+;. The average Bonchev–Trinajstić information content (AvgIpc) is 2.23. The number of ether oxygens (including phenoxy) is 1. The minimum absolute atomic E-state index is 0. The Kier molecular flexibility index (Phi) is 4.92. The maximum atomic E-state index is 5.85. The highest BCUT2D eigenvalue weighted by atomic mass is 35.5. The summed E-state index contributed by atoms with van der Waals surface area (Å²) in [5.41, 5.74) is 5.83. The Bertz CT molecular complexity index is 270. The molecule has 0 atom stereocenters. The first-order valence-corrected chi connectivity index (χ1v) is 5.32. The van der Waals surface area contributed by atoms with Crippen molar-refractivity contribution in [1.29, 1.82) is 0 Å². The molecule has 1 saturated carbocycles. The van der Waals surface area contributed by atoms with Crippen LogP contribution in [0.2, 0.25) is 0 Å². The van der Waals surface area contributed by atoms with Crippen molar-refractivity contribution in [2.45, 2.75) is 37.8 Å². The van der Waals surface area contributed by atoms with Crippen molar-refractivity contribution in [2.24, 2.45) is 5.73 Å². The molecule has 2 nitrogen and oxygen atoms in total. The summed E-state index contributed by atoms with van der Waals surface area (Å²) >= 11 is 0. The van der Waals surface area contributed by atoms with Crippen LogP contribution in [0, 0.1) is 0 Å². The number of benzene rings is 1. The van der Waals surface area contributed by atoms with Crippen LogP contribution in [0.25, 0.3) is 0 Å². The fourth-order valence-corrected chi connectivity index (χ4v) is 1.90. The molecule has 0 heterocycles. The van der Waals surface area contributed by atoms with Crippen molar-refractivity contribution in [3.63, 3.8) is 0 Å². The largest absolute Gasteiger partial charge is 0.490 e. The van der Waals surface area contributed by atoms with Gasteiger partial charge in [0.2, 0.25) is 0 Å². The second kappa shape index (κ2) is 5.99.